The van der Waals surface area contributed by atoms with Crippen molar-refractivity contribution in [3.63, 3.8) is 0 Å². The highest BCUT2D eigenvalue weighted by Gasteiger charge is 2.07. The van der Waals surface area contributed by atoms with Gasteiger partial charge in [0.25, 0.3) is 0 Å². The van der Waals surface area contributed by atoms with E-state index in [1.807, 2.05) is 6.07 Å². The van der Waals surface area contributed by atoms with Gasteiger partial charge in [0.15, 0.2) is 0 Å². The molecule has 0 radical (unpaired) electrons. The largest absolute Gasteiger partial charge is 0.360 e. The third kappa shape index (κ3) is 2.95. The predicted octanol–water partition coefficient (Wildman–Crippen LogP) is 2.39. The zero-order valence-corrected chi connectivity index (χ0v) is 11.4. The van der Waals surface area contributed by atoms with Crippen molar-refractivity contribution >= 4 is 27.2 Å². The number of nitrogens with one attached hydrogen (secondary N) is 2. The van der Waals surface area contributed by atoms with E-state index in [4.69, 9.17) is 5.26 Å². The summed E-state index contributed by atoms with van der Waals surface area (Å²) in [6.07, 6.45) is 1.43. The number of tetrazole rings is 1. The molecule has 0 aliphatic heterocycles. The molecule has 1 aromatic carbocycles. The van der Waals surface area contributed by atoms with Gasteiger partial charge in [-0.1, -0.05) is 0 Å². The number of nitrogens with zero attached hydrogens (tertiary/aromatic N) is 4. The van der Waals surface area contributed by atoms with Crippen LogP contribution in [0, 0.1) is 24.1 Å². The number of anilines is 1. The topological polar surface area (TPSA) is 90.3 Å². The number of halogens is 2. The minimum Gasteiger partial charge on any atom is -0.360 e. The summed E-state index contributed by atoms with van der Waals surface area (Å²) < 4.78 is 13.8. The summed E-state index contributed by atoms with van der Waals surface area (Å²) in [6, 6.07) is 5.14. The van der Waals surface area contributed by atoms with Crippen molar-refractivity contribution in [2.24, 2.45) is 0 Å². The first-order valence-electron chi connectivity index (χ1n) is 5.18. The van der Waals surface area contributed by atoms with Gasteiger partial charge in [0, 0.05) is 11.9 Å². The Labute approximate surface area is 116 Å². The number of benzene rings is 1. The quantitative estimate of drug-likeness (QED) is 0.847. The molecule has 0 bridgehead atoms. The lowest BCUT2D eigenvalue weighted by molar-refractivity contribution is 0.612. The number of hydrogen-bond donors (Lipinski definition) is 2. The van der Waals surface area contributed by atoms with Crippen LogP contribution in [0.3, 0.4) is 0 Å². The van der Waals surface area contributed by atoms with E-state index in [2.05, 4.69) is 41.9 Å². The van der Waals surface area contributed by atoms with Gasteiger partial charge in [0.2, 0.25) is 5.82 Å². The minimum atomic E-state index is -0.312. The zero-order chi connectivity index (χ0) is 13.8. The van der Waals surface area contributed by atoms with Gasteiger partial charge >= 0.3 is 0 Å². The van der Waals surface area contributed by atoms with Gasteiger partial charge in [-0.3, -0.25) is 0 Å². The molecule has 2 aromatic rings. The second kappa shape index (κ2) is 5.58. The smallest absolute Gasteiger partial charge is 0.216 e. The number of H-pyrrole nitrogens is 1. The predicted molar refractivity (Wildman–Crippen MR) is 70.2 cm³/mol. The molecule has 1 heterocycles. The number of rotatable bonds is 3. The highest BCUT2D eigenvalue weighted by atomic mass is 79.9. The maximum absolute atomic E-state index is 13.4. The van der Waals surface area contributed by atoms with Crippen molar-refractivity contribution in [2.75, 3.05) is 5.32 Å². The minimum absolute atomic E-state index is 0.188. The fourth-order valence-electron chi connectivity index (χ4n) is 1.39. The molecule has 6 nitrogen and oxygen atoms in total. The average Bonchev–Trinajstić information content (AvgIpc) is 2.90. The van der Waals surface area contributed by atoms with E-state index in [9.17, 15) is 4.39 Å². The summed E-state index contributed by atoms with van der Waals surface area (Å²) >= 11 is 3.12. The fraction of sp³-hybridized carbons (Fsp3) is 0.0909. The van der Waals surface area contributed by atoms with Crippen molar-refractivity contribution in [1.82, 2.24) is 20.6 Å². The number of aryl methyl sites for hydroxylation is 1. The molecule has 96 valence electrons. The number of nitriles is 1. The van der Waals surface area contributed by atoms with Gasteiger partial charge in [-0.2, -0.15) is 10.5 Å². The third-order valence-corrected chi connectivity index (χ3v) is 2.88. The van der Waals surface area contributed by atoms with Crippen molar-refractivity contribution in [3.8, 4) is 6.07 Å². The number of aromatic amines is 1. The normalized spacial score (nSPS) is 11.2. The van der Waals surface area contributed by atoms with E-state index in [-0.39, 0.29) is 17.2 Å². The second-order valence-electron chi connectivity index (χ2n) is 3.64. The summed E-state index contributed by atoms with van der Waals surface area (Å²) in [5.74, 6) is -0.124. The number of allylic oxidation sites excluding steroid dienone is 1. The molecule has 0 aliphatic rings. The Morgan fingerprint density at radius 3 is 2.95 bits per heavy atom. The first-order chi connectivity index (χ1) is 9.11. The van der Waals surface area contributed by atoms with E-state index in [0.29, 0.717) is 15.7 Å². The van der Waals surface area contributed by atoms with Crippen LogP contribution in [0.4, 0.5) is 10.1 Å². The Balaban J connectivity index is 2.25. The second-order valence-corrected chi connectivity index (χ2v) is 4.49. The van der Waals surface area contributed by atoms with Crippen molar-refractivity contribution < 1.29 is 4.39 Å². The summed E-state index contributed by atoms with van der Waals surface area (Å²) in [7, 11) is 0. The van der Waals surface area contributed by atoms with E-state index in [1.54, 1.807) is 19.1 Å². The highest BCUT2D eigenvalue weighted by Crippen LogP contribution is 2.24. The molecule has 0 aliphatic carbocycles. The lowest BCUT2D eigenvalue weighted by Gasteiger charge is -2.05. The van der Waals surface area contributed by atoms with Gasteiger partial charge in [0.05, 0.1) is 4.47 Å². The summed E-state index contributed by atoms with van der Waals surface area (Å²) in [5.41, 5.74) is 1.34. The standard InChI is InChI=1S/C11H8BrFN6/c1-6-2-8(3-9(12)10(6)13)15-5-7(4-14)11-16-18-19-17-11/h2-3,5,15H,1H3,(H,16,17,18,19). The Morgan fingerprint density at radius 2 is 2.37 bits per heavy atom. The Kier molecular flexibility index (Phi) is 3.87. The van der Waals surface area contributed by atoms with Gasteiger partial charge < -0.3 is 5.32 Å². The van der Waals surface area contributed by atoms with Crippen LogP contribution in [0.25, 0.3) is 5.57 Å². The van der Waals surface area contributed by atoms with Crippen LogP contribution in [-0.4, -0.2) is 20.6 Å². The molecule has 1 aromatic heterocycles. The third-order valence-electron chi connectivity index (χ3n) is 2.30. The van der Waals surface area contributed by atoms with Crippen LogP contribution in [0.15, 0.2) is 22.8 Å². The average molecular weight is 323 g/mol. The SMILES string of the molecule is Cc1cc(NC=C(C#N)c2nn[nH]n2)cc(Br)c1F. The van der Waals surface area contributed by atoms with Crippen molar-refractivity contribution in [2.45, 2.75) is 6.92 Å². The number of hydrogen-bond acceptors (Lipinski definition) is 5. The molecule has 19 heavy (non-hydrogen) atoms. The van der Waals surface area contributed by atoms with Crippen molar-refractivity contribution in [3.05, 3.63) is 40.0 Å². The Bertz CT molecular complexity index is 635. The summed E-state index contributed by atoms with van der Waals surface area (Å²) in [5, 5.41) is 24.9. The molecule has 0 amide bonds. The van der Waals surface area contributed by atoms with E-state index in [0.717, 1.165) is 0 Å². The van der Waals surface area contributed by atoms with Gasteiger partial charge in [0.1, 0.15) is 17.5 Å². The highest BCUT2D eigenvalue weighted by molar-refractivity contribution is 9.10. The molecule has 0 fully saturated rings. The van der Waals surface area contributed by atoms with Crippen LogP contribution in [0.5, 0.6) is 0 Å². The fourth-order valence-corrected chi connectivity index (χ4v) is 1.95. The first kappa shape index (κ1) is 13.2. The summed E-state index contributed by atoms with van der Waals surface area (Å²) in [6.45, 7) is 1.65. The number of aromatic nitrogens is 4. The molecule has 0 atom stereocenters. The Hall–Kier alpha value is -2.27. The Morgan fingerprint density at radius 1 is 1.58 bits per heavy atom. The van der Waals surface area contributed by atoms with Gasteiger partial charge in [-0.25, -0.2) is 4.39 Å². The van der Waals surface area contributed by atoms with E-state index >= 15 is 0 Å². The van der Waals surface area contributed by atoms with Crippen LogP contribution >= 0.6 is 15.9 Å². The van der Waals surface area contributed by atoms with E-state index in [1.165, 1.54) is 6.20 Å². The molecule has 0 unspecified atom stereocenters. The molecular weight excluding hydrogens is 315 g/mol. The van der Waals surface area contributed by atoms with Crippen LogP contribution in [0.1, 0.15) is 11.4 Å². The van der Waals surface area contributed by atoms with E-state index < -0.39 is 0 Å². The molecule has 8 heteroatoms. The van der Waals surface area contributed by atoms with Crippen molar-refractivity contribution in [1.29, 1.82) is 5.26 Å². The maximum atomic E-state index is 13.4. The monoisotopic (exact) mass is 322 g/mol. The van der Waals surface area contributed by atoms with Crippen LogP contribution < -0.4 is 5.32 Å². The molecule has 0 spiro atoms. The van der Waals surface area contributed by atoms with Crippen LogP contribution in [-0.2, 0) is 0 Å². The molecule has 2 N–H and O–H groups in total. The van der Waals surface area contributed by atoms with Gasteiger partial charge in [-0.05, 0) is 45.8 Å². The first-order valence-corrected chi connectivity index (χ1v) is 5.97. The summed E-state index contributed by atoms with van der Waals surface area (Å²) in [4.78, 5) is 0. The molecule has 0 saturated heterocycles. The zero-order valence-electron chi connectivity index (χ0n) is 9.78. The van der Waals surface area contributed by atoms with Gasteiger partial charge in [-0.15, -0.1) is 10.2 Å². The molecule has 2 rings (SSSR count). The molecular formula is C11H8BrFN6. The van der Waals surface area contributed by atoms with Crippen LogP contribution in [0.2, 0.25) is 0 Å². The lowest BCUT2D eigenvalue weighted by Crippen LogP contribution is -1.95. The maximum Gasteiger partial charge on any atom is 0.216 e. The lowest BCUT2D eigenvalue weighted by atomic mass is 10.2. The molecule has 0 saturated carbocycles.